The maximum absolute atomic E-state index is 12.5. The van der Waals surface area contributed by atoms with Crippen LogP contribution in [0.5, 0.6) is 0 Å². The number of benzene rings is 2. The Bertz CT molecular complexity index is 707. The van der Waals surface area contributed by atoms with Gasteiger partial charge in [-0.05, 0) is 30.3 Å². The van der Waals surface area contributed by atoms with E-state index in [1.807, 2.05) is 59.5 Å². The van der Waals surface area contributed by atoms with Gasteiger partial charge in [0.1, 0.15) is 0 Å². The van der Waals surface area contributed by atoms with Crippen LogP contribution in [0, 0.1) is 11.8 Å². The van der Waals surface area contributed by atoms with Crippen molar-refractivity contribution in [1.82, 2.24) is 10.2 Å². The predicted molar refractivity (Wildman–Crippen MR) is 87.6 cm³/mol. The van der Waals surface area contributed by atoms with Crippen molar-refractivity contribution < 1.29 is 4.79 Å². The Balaban J connectivity index is 1.78. The van der Waals surface area contributed by atoms with Crippen LogP contribution in [0.25, 0.3) is 0 Å². The lowest BCUT2D eigenvalue weighted by Gasteiger charge is -2.27. The van der Waals surface area contributed by atoms with Crippen LogP contribution in [-0.4, -0.2) is 37.0 Å². The first-order valence-electron chi connectivity index (χ1n) is 7.50. The van der Waals surface area contributed by atoms with Gasteiger partial charge < -0.3 is 10.2 Å². The summed E-state index contributed by atoms with van der Waals surface area (Å²) < 4.78 is 0. The largest absolute Gasteiger partial charge is 0.336 e. The zero-order valence-corrected chi connectivity index (χ0v) is 12.4. The quantitative estimate of drug-likeness (QED) is 0.816. The first kappa shape index (κ1) is 14.4. The van der Waals surface area contributed by atoms with Gasteiger partial charge >= 0.3 is 0 Å². The molecule has 1 N–H and O–H groups in total. The van der Waals surface area contributed by atoms with E-state index in [2.05, 4.69) is 17.2 Å². The molecule has 0 bridgehead atoms. The van der Waals surface area contributed by atoms with Crippen LogP contribution in [0.4, 0.5) is 0 Å². The van der Waals surface area contributed by atoms with Crippen molar-refractivity contribution in [3.63, 3.8) is 0 Å². The van der Waals surface area contributed by atoms with Crippen molar-refractivity contribution in [2.24, 2.45) is 0 Å². The second-order valence-electron chi connectivity index (χ2n) is 5.24. The van der Waals surface area contributed by atoms with Gasteiger partial charge in [-0.1, -0.05) is 36.1 Å². The highest BCUT2D eigenvalue weighted by atomic mass is 16.2. The highest BCUT2D eigenvalue weighted by Gasteiger charge is 2.17. The second kappa shape index (κ2) is 6.93. The number of hydrogen-bond donors (Lipinski definition) is 1. The first-order chi connectivity index (χ1) is 10.8. The zero-order valence-electron chi connectivity index (χ0n) is 12.4. The third kappa shape index (κ3) is 3.55. The molecule has 0 saturated carbocycles. The molecule has 0 radical (unpaired) electrons. The summed E-state index contributed by atoms with van der Waals surface area (Å²) in [6.07, 6.45) is 0. The van der Waals surface area contributed by atoms with E-state index in [4.69, 9.17) is 0 Å². The van der Waals surface area contributed by atoms with Gasteiger partial charge in [-0.15, -0.1) is 0 Å². The minimum atomic E-state index is 0.0878. The molecule has 1 aliphatic heterocycles. The lowest BCUT2D eigenvalue weighted by molar-refractivity contribution is 0.0736. The fourth-order valence-electron chi connectivity index (χ4n) is 2.45. The van der Waals surface area contributed by atoms with Crippen molar-refractivity contribution in [1.29, 1.82) is 0 Å². The molecule has 0 atom stereocenters. The monoisotopic (exact) mass is 290 g/mol. The fraction of sp³-hybridized carbons (Fsp3) is 0.211. The van der Waals surface area contributed by atoms with Gasteiger partial charge in [-0.25, -0.2) is 0 Å². The molecule has 0 aromatic heterocycles. The molecule has 2 aromatic rings. The Labute approximate surface area is 131 Å². The summed E-state index contributed by atoms with van der Waals surface area (Å²) in [6, 6.07) is 17.4. The number of piperazine rings is 1. The molecule has 3 rings (SSSR count). The average molecular weight is 290 g/mol. The Hall–Kier alpha value is -2.57. The van der Waals surface area contributed by atoms with Crippen LogP contribution in [0.3, 0.4) is 0 Å². The third-order valence-corrected chi connectivity index (χ3v) is 3.64. The van der Waals surface area contributed by atoms with E-state index in [1.165, 1.54) is 0 Å². The fourth-order valence-corrected chi connectivity index (χ4v) is 2.45. The number of nitrogens with one attached hydrogen (secondary N) is 1. The van der Waals surface area contributed by atoms with E-state index >= 15 is 0 Å². The van der Waals surface area contributed by atoms with Crippen LogP contribution in [0.15, 0.2) is 54.6 Å². The summed E-state index contributed by atoms with van der Waals surface area (Å²) in [4.78, 5) is 14.4. The van der Waals surface area contributed by atoms with Crippen LogP contribution in [0.1, 0.15) is 21.5 Å². The smallest absolute Gasteiger partial charge is 0.253 e. The van der Waals surface area contributed by atoms with Crippen molar-refractivity contribution >= 4 is 5.91 Å². The van der Waals surface area contributed by atoms with E-state index in [0.717, 1.165) is 37.3 Å². The van der Waals surface area contributed by atoms with Gasteiger partial charge in [0.15, 0.2) is 0 Å². The van der Waals surface area contributed by atoms with Crippen LogP contribution in [0.2, 0.25) is 0 Å². The molecule has 3 heteroatoms. The van der Waals surface area contributed by atoms with Gasteiger partial charge in [0.05, 0.1) is 0 Å². The molecule has 110 valence electrons. The van der Waals surface area contributed by atoms with E-state index in [-0.39, 0.29) is 5.91 Å². The van der Waals surface area contributed by atoms with Gasteiger partial charge in [-0.3, -0.25) is 4.79 Å². The first-order valence-corrected chi connectivity index (χ1v) is 7.50. The van der Waals surface area contributed by atoms with Crippen molar-refractivity contribution in [2.45, 2.75) is 0 Å². The summed E-state index contributed by atoms with van der Waals surface area (Å²) in [7, 11) is 0. The molecule has 2 aromatic carbocycles. The number of carbonyl (C=O) groups excluding carboxylic acids is 1. The van der Waals surface area contributed by atoms with E-state index in [1.54, 1.807) is 0 Å². The van der Waals surface area contributed by atoms with Crippen LogP contribution >= 0.6 is 0 Å². The number of rotatable bonds is 1. The van der Waals surface area contributed by atoms with Crippen molar-refractivity contribution in [3.05, 3.63) is 71.3 Å². The minimum Gasteiger partial charge on any atom is -0.336 e. The maximum Gasteiger partial charge on any atom is 0.253 e. The van der Waals surface area contributed by atoms with E-state index in [0.29, 0.717) is 5.56 Å². The normalized spacial score (nSPS) is 14.1. The SMILES string of the molecule is O=C(c1cccc(C#Cc2ccccc2)c1)N1CCNCC1. The Morgan fingerprint density at radius 2 is 1.59 bits per heavy atom. The molecule has 1 saturated heterocycles. The molecular weight excluding hydrogens is 272 g/mol. The van der Waals surface area contributed by atoms with Crippen molar-refractivity contribution in [2.75, 3.05) is 26.2 Å². The standard InChI is InChI=1S/C19H18N2O/c22-19(21-13-11-20-12-14-21)18-8-4-7-17(15-18)10-9-16-5-2-1-3-6-16/h1-8,15,20H,11-14H2. The molecule has 0 unspecified atom stereocenters. The molecule has 3 nitrogen and oxygen atoms in total. The third-order valence-electron chi connectivity index (χ3n) is 3.64. The maximum atomic E-state index is 12.5. The van der Waals surface area contributed by atoms with Gasteiger partial charge in [0, 0.05) is 42.9 Å². The molecule has 0 aliphatic carbocycles. The molecule has 1 aliphatic rings. The highest BCUT2D eigenvalue weighted by Crippen LogP contribution is 2.09. The van der Waals surface area contributed by atoms with Crippen LogP contribution in [-0.2, 0) is 0 Å². The zero-order chi connectivity index (χ0) is 15.2. The molecule has 0 spiro atoms. The highest BCUT2D eigenvalue weighted by molar-refractivity contribution is 5.94. The van der Waals surface area contributed by atoms with Gasteiger partial charge in [-0.2, -0.15) is 0 Å². The molecule has 1 fully saturated rings. The number of amides is 1. The van der Waals surface area contributed by atoms with Gasteiger partial charge in [0.25, 0.3) is 5.91 Å². The topological polar surface area (TPSA) is 32.3 Å². The second-order valence-corrected chi connectivity index (χ2v) is 5.24. The predicted octanol–water partition coefficient (Wildman–Crippen LogP) is 2.13. The Kier molecular flexibility index (Phi) is 4.53. The Morgan fingerprint density at radius 1 is 0.909 bits per heavy atom. The number of hydrogen-bond acceptors (Lipinski definition) is 2. The summed E-state index contributed by atoms with van der Waals surface area (Å²) >= 11 is 0. The number of carbonyl (C=O) groups is 1. The molecule has 1 heterocycles. The van der Waals surface area contributed by atoms with E-state index in [9.17, 15) is 4.79 Å². The molecule has 1 amide bonds. The average Bonchev–Trinajstić information content (AvgIpc) is 2.61. The number of nitrogens with zero attached hydrogens (tertiary/aromatic N) is 1. The van der Waals surface area contributed by atoms with Gasteiger partial charge in [0.2, 0.25) is 0 Å². The summed E-state index contributed by atoms with van der Waals surface area (Å²) in [6.45, 7) is 3.25. The lowest BCUT2D eigenvalue weighted by atomic mass is 10.1. The van der Waals surface area contributed by atoms with Crippen LogP contribution < -0.4 is 5.32 Å². The van der Waals surface area contributed by atoms with Crippen molar-refractivity contribution in [3.8, 4) is 11.8 Å². The summed E-state index contributed by atoms with van der Waals surface area (Å²) in [5, 5.41) is 3.25. The summed E-state index contributed by atoms with van der Waals surface area (Å²) in [5.74, 6) is 6.34. The molecular formula is C19H18N2O. The van der Waals surface area contributed by atoms with E-state index < -0.39 is 0 Å². The lowest BCUT2D eigenvalue weighted by Crippen LogP contribution is -2.46. The Morgan fingerprint density at radius 3 is 2.36 bits per heavy atom. The minimum absolute atomic E-state index is 0.0878. The summed E-state index contributed by atoms with van der Waals surface area (Å²) in [5.41, 5.74) is 2.55. The molecule has 22 heavy (non-hydrogen) atoms.